The number of rotatable bonds is 2. The van der Waals surface area contributed by atoms with E-state index < -0.39 is 0 Å². The molecule has 1 aromatic heterocycles. The molecule has 1 N–H and O–H groups in total. The minimum atomic E-state index is 0.398. The zero-order valence-corrected chi connectivity index (χ0v) is 8.26. The first-order valence-electron chi connectivity index (χ1n) is 4.06. The number of hydrogen-bond acceptors (Lipinski definition) is 2. The van der Waals surface area contributed by atoms with Crippen LogP contribution in [0.5, 0.6) is 5.75 Å². The van der Waals surface area contributed by atoms with Crippen LogP contribution in [0, 0.1) is 0 Å². The normalized spacial score (nSPS) is 10.4. The van der Waals surface area contributed by atoms with Gasteiger partial charge in [0.05, 0.1) is 23.3 Å². The molecular weight excluding hydrogens is 202 g/mol. The molecule has 0 aliphatic carbocycles. The van der Waals surface area contributed by atoms with Gasteiger partial charge in [0, 0.05) is 11.5 Å². The van der Waals surface area contributed by atoms with Crippen molar-refractivity contribution in [2.24, 2.45) is 0 Å². The van der Waals surface area contributed by atoms with Gasteiger partial charge in [-0.25, -0.2) is 0 Å². The van der Waals surface area contributed by atoms with Crippen LogP contribution in [0.25, 0.3) is 10.9 Å². The third-order valence-corrected chi connectivity index (χ3v) is 2.49. The van der Waals surface area contributed by atoms with Crippen molar-refractivity contribution in [1.29, 1.82) is 0 Å². The molecule has 3 nitrogen and oxygen atoms in total. The minimum Gasteiger partial charge on any atom is -0.497 e. The van der Waals surface area contributed by atoms with Crippen molar-refractivity contribution in [3.8, 4) is 5.75 Å². The zero-order chi connectivity index (χ0) is 10.1. The van der Waals surface area contributed by atoms with E-state index in [2.05, 4.69) is 4.98 Å². The number of fused-ring (bicyclic) bond motifs is 1. The molecule has 0 fully saturated rings. The molecule has 14 heavy (non-hydrogen) atoms. The van der Waals surface area contributed by atoms with Gasteiger partial charge in [-0.2, -0.15) is 0 Å². The first-order valence-corrected chi connectivity index (χ1v) is 4.44. The molecule has 0 saturated carbocycles. The molecule has 0 amide bonds. The van der Waals surface area contributed by atoms with Gasteiger partial charge in [0.1, 0.15) is 5.75 Å². The quantitative estimate of drug-likeness (QED) is 0.773. The monoisotopic (exact) mass is 209 g/mol. The average Bonchev–Trinajstić information content (AvgIpc) is 2.55. The van der Waals surface area contributed by atoms with Crippen LogP contribution in [-0.4, -0.2) is 18.4 Å². The topological polar surface area (TPSA) is 42.1 Å². The van der Waals surface area contributed by atoms with Crippen LogP contribution < -0.4 is 4.74 Å². The summed E-state index contributed by atoms with van der Waals surface area (Å²) in [7, 11) is 1.59. The molecule has 0 spiro atoms. The second kappa shape index (κ2) is 3.35. The van der Waals surface area contributed by atoms with Crippen LogP contribution in [0.4, 0.5) is 0 Å². The highest BCUT2D eigenvalue weighted by Gasteiger charge is 2.08. The molecule has 0 bridgehead atoms. The Morgan fingerprint density at radius 3 is 2.93 bits per heavy atom. The number of aromatic nitrogens is 1. The van der Waals surface area contributed by atoms with Crippen LogP contribution in [-0.2, 0) is 0 Å². The van der Waals surface area contributed by atoms with Crippen molar-refractivity contribution < 1.29 is 9.53 Å². The van der Waals surface area contributed by atoms with Gasteiger partial charge in [-0.15, -0.1) is 0 Å². The number of ether oxygens (including phenoxy) is 1. The predicted octanol–water partition coefficient (Wildman–Crippen LogP) is 2.64. The van der Waals surface area contributed by atoms with E-state index in [0.29, 0.717) is 17.0 Å². The number of H-pyrrole nitrogens is 1. The number of benzene rings is 1. The second-order valence-corrected chi connectivity index (χ2v) is 3.26. The summed E-state index contributed by atoms with van der Waals surface area (Å²) in [6.45, 7) is 0. The van der Waals surface area contributed by atoms with Gasteiger partial charge in [-0.1, -0.05) is 11.6 Å². The highest BCUT2D eigenvalue weighted by molar-refractivity contribution is 6.37. The number of hydrogen-bond donors (Lipinski definition) is 1. The standard InChI is InChI=1S/C10H8ClNO2/c1-14-6-2-3-7-8(4-6)12-9(5-13)10(7)11/h2-5,12H,1H3. The fourth-order valence-electron chi connectivity index (χ4n) is 1.37. The fourth-order valence-corrected chi connectivity index (χ4v) is 1.63. The molecule has 0 saturated heterocycles. The summed E-state index contributed by atoms with van der Waals surface area (Å²) in [6.07, 6.45) is 0.703. The Morgan fingerprint density at radius 1 is 1.50 bits per heavy atom. The molecule has 0 aliphatic heterocycles. The molecule has 0 aliphatic rings. The van der Waals surface area contributed by atoms with Gasteiger partial charge < -0.3 is 9.72 Å². The van der Waals surface area contributed by atoms with Crippen molar-refractivity contribution in [3.63, 3.8) is 0 Å². The Bertz CT molecular complexity index is 490. The van der Waals surface area contributed by atoms with Crippen LogP contribution in [0.2, 0.25) is 5.02 Å². The Labute approximate surface area is 85.6 Å². The van der Waals surface area contributed by atoms with Crippen molar-refractivity contribution in [2.75, 3.05) is 7.11 Å². The lowest BCUT2D eigenvalue weighted by molar-refractivity contribution is 0.112. The predicted molar refractivity (Wildman–Crippen MR) is 55.2 cm³/mol. The van der Waals surface area contributed by atoms with E-state index in [4.69, 9.17) is 16.3 Å². The first kappa shape index (κ1) is 9.09. The van der Waals surface area contributed by atoms with Gasteiger partial charge >= 0.3 is 0 Å². The van der Waals surface area contributed by atoms with Crippen LogP contribution in [0.15, 0.2) is 18.2 Å². The van der Waals surface area contributed by atoms with E-state index in [1.807, 2.05) is 6.07 Å². The maximum absolute atomic E-state index is 10.6. The Morgan fingerprint density at radius 2 is 2.29 bits per heavy atom. The summed E-state index contributed by atoms with van der Waals surface area (Å²) in [5, 5.41) is 1.28. The van der Waals surface area contributed by atoms with Crippen molar-refractivity contribution in [2.45, 2.75) is 0 Å². The van der Waals surface area contributed by atoms with Gasteiger partial charge in [-0.05, 0) is 12.1 Å². The number of aldehydes is 1. The van der Waals surface area contributed by atoms with Gasteiger partial charge in [0.15, 0.2) is 6.29 Å². The summed E-state index contributed by atoms with van der Waals surface area (Å²) in [6, 6.07) is 5.42. The molecule has 1 heterocycles. The van der Waals surface area contributed by atoms with Crippen LogP contribution in [0.3, 0.4) is 0 Å². The Hall–Kier alpha value is -1.48. The molecular formula is C10H8ClNO2. The molecule has 0 unspecified atom stereocenters. The Kier molecular flexibility index (Phi) is 2.17. The van der Waals surface area contributed by atoms with E-state index in [1.54, 1.807) is 19.2 Å². The van der Waals surface area contributed by atoms with Crippen molar-refractivity contribution >= 4 is 28.8 Å². The number of carbonyl (C=O) groups excluding carboxylic acids is 1. The number of nitrogens with one attached hydrogen (secondary N) is 1. The molecule has 2 rings (SSSR count). The molecule has 72 valence electrons. The van der Waals surface area contributed by atoms with Crippen LogP contribution >= 0.6 is 11.6 Å². The average molecular weight is 210 g/mol. The number of methoxy groups -OCH3 is 1. The lowest BCUT2D eigenvalue weighted by Crippen LogP contribution is -1.81. The lowest BCUT2D eigenvalue weighted by atomic mass is 10.2. The largest absolute Gasteiger partial charge is 0.497 e. The fraction of sp³-hybridized carbons (Fsp3) is 0.100. The second-order valence-electron chi connectivity index (χ2n) is 2.88. The smallest absolute Gasteiger partial charge is 0.167 e. The highest BCUT2D eigenvalue weighted by Crippen LogP contribution is 2.28. The maximum atomic E-state index is 10.6. The summed E-state index contributed by atoms with van der Waals surface area (Å²) < 4.78 is 5.05. The summed E-state index contributed by atoms with van der Waals surface area (Å²) >= 11 is 5.95. The number of halogens is 1. The van der Waals surface area contributed by atoms with Crippen molar-refractivity contribution in [1.82, 2.24) is 4.98 Å². The van der Waals surface area contributed by atoms with E-state index in [9.17, 15) is 4.79 Å². The minimum absolute atomic E-state index is 0.398. The third kappa shape index (κ3) is 1.26. The first-order chi connectivity index (χ1) is 6.76. The van der Waals surface area contributed by atoms with E-state index in [1.165, 1.54) is 0 Å². The molecule has 4 heteroatoms. The lowest BCUT2D eigenvalue weighted by Gasteiger charge is -1.97. The molecule has 2 aromatic rings. The summed E-state index contributed by atoms with van der Waals surface area (Å²) in [5.41, 5.74) is 1.20. The third-order valence-electron chi connectivity index (χ3n) is 2.09. The zero-order valence-electron chi connectivity index (χ0n) is 7.50. The summed E-state index contributed by atoms with van der Waals surface area (Å²) in [5.74, 6) is 0.730. The van der Waals surface area contributed by atoms with E-state index in [0.717, 1.165) is 16.7 Å². The molecule has 0 atom stereocenters. The molecule has 1 aromatic carbocycles. The van der Waals surface area contributed by atoms with Crippen LogP contribution in [0.1, 0.15) is 10.5 Å². The van der Waals surface area contributed by atoms with Gasteiger partial charge in [0.2, 0.25) is 0 Å². The Balaban J connectivity index is 2.72. The van der Waals surface area contributed by atoms with Gasteiger partial charge in [-0.3, -0.25) is 4.79 Å². The highest BCUT2D eigenvalue weighted by atomic mass is 35.5. The van der Waals surface area contributed by atoms with E-state index in [-0.39, 0.29) is 0 Å². The number of aromatic amines is 1. The van der Waals surface area contributed by atoms with E-state index >= 15 is 0 Å². The molecule has 0 radical (unpaired) electrons. The van der Waals surface area contributed by atoms with Crippen molar-refractivity contribution in [3.05, 3.63) is 28.9 Å². The summed E-state index contributed by atoms with van der Waals surface area (Å²) in [4.78, 5) is 13.5. The van der Waals surface area contributed by atoms with Gasteiger partial charge in [0.25, 0.3) is 0 Å². The SMILES string of the molecule is COc1ccc2c(Cl)c(C=O)[nH]c2c1. The maximum Gasteiger partial charge on any atom is 0.167 e. The number of carbonyl (C=O) groups is 1.